The van der Waals surface area contributed by atoms with Gasteiger partial charge >= 0.3 is 0 Å². The van der Waals surface area contributed by atoms with Gasteiger partial charge in [-0.2, -0.15) is 0 Å². The van der Waals surface area contributed by atoms with Gasteiger partial charge in [-0.25, -0.2) is 0 Å². The van der Waals surface area contributed by atoms with Crippen molar-refractivity contribution in [2.45, 2.75) is 0 Å². The number of carbonyl (C=O) groups excluding carboxylic acids is 1. The first-order valence-electron chi connectivity index (χ1n) is 9.01. The molecular weight excluding hydrogens is 504 g/mol. The molecule has 156 valence electrons. The number of nitrogens with zero attached hydrogens (tertiary/aromatic N) is 2. The van der Waals surface area contributed by atoms with Crippen LogP contribution in [0.3, 0.4) is 0 Å². The summed E-state index contributed by atoms with van der Waals surface area (Å²) in [5.74, 6) is -0.0752. The zero-order chi connectivity index (χ0) is 21.4. The Kier molecular flexibility index (Phi) is 6.63. The minimum absolute atomic E-state index is 0.0752. The van der Waals surface area contributed by atoms with Crippen molar-refractivity contribution >= 4 is 96.8 Å². The first-order valence-corrected chi connectivity index (χ1v) is 11.7. The van der Waals surface area contributed by atoms with E-state index in [1.807, 2.05) is 17.0 Å². The van der Waals surface area contributed by atoms with Crippen molar-refractivity contribution < 1.29 is 4.79 Å². The van der Waals surface area contributed by atoms with Gasteiger partial charge in [0.2, 0.25) is 0 Å². The number of fused-ring (bicyclic) bond motifs is 1. The molecule has 2 aromatic carbocycles. The third kappa shape index (κ3) is 4.49. The third-order valence-corrected chi connectivity index (χ3v) is 7.62. The molecule has 0 unspecified atom stereocenters. The Hall–Kier alpha value is -1.28. The summed E-state index contributed by atoms with van der Waals surface area (Å²) in [5.41, 5.74) is 0.656. The molecule has 1 aliphatic rings. The van der Waals surface area contributed by atoms with Crippen molar-refractivity contribution in [1.82, 2.24) is 9.80 Å². The molecule has 0 spiro atoms. The second-order valence-corrected chi connectivity index (χ2v) is 9.82. The minimum Gasteiger partial charge on any atom is -0.345 e. The van der Waals surface area contributed by atoms with Crippen LogP contribution >= 0.6 is 70.0 Å². The quantitative estimate of drug-likeness (QED) is 0.384. The third-order valence-electron chi connectivity index (χ3n) is 4.81. The van der Waals surface area contributed by atoms with Gasteiger partial charge in [-0.15, -0.1) is 11.3 Å². The Morgan fingerprint density at radius 2 is 1.57 bits per heavy atom. The smallest absolute Gasteiger partial charge is 0.265 e. The molecule has 0 radical (unpaired) electrons. The van der Waals surface area contributed by atoms with Crippen LogP contribution in [0.4, 0.5) is 5.69 Å². The molecule has 4 nitrogen and oxygen atoms in total. The molecule has 1 aliphatic heterocycles. The van der Waals surface area contributed by atoms with Crippen LogP contribution in [-0.4, -0.2) is 47.0 Å². The lowest BCUT2D eigenvalue weighted by molar-refractivity contribution is 0.0698. The molecule has 1 fully saturated rings. The number of benzene rings is 2. The Morgan fingerprint density at radius 3 is 2.30 bits per heavy atom. The molecule has 4 rings (SSSR count). The lowest BCUT2D eigenvalue weighted by Crippen LogP contribution is -2.51. The van der Waals surface area contributed by atoms with Gasteiger partial charge in [0.05, 0.1) is 15.7 Å². The predicted octanol–water partition coefficient (Wildman–Crippen LogP) is 6.67. The molecule has 1 N–H and O–H groups in total. The lowest BCUT2D eigenvalue weighted by atomic mass is 10.2. The highest BCUT2D eigenvalue weighted by Crippen LogP contribution is 2.37. The number of anilines is 1. The number of thiocarbonyl (C=S) groups is 1. The number of nitrogens with one attached hydrogen (secondary N) is 1. The molecule has 0 aliphatic carbocycles. The van der Waals surface area contributed by atoms with Crippen molar-refractivity contribution in [2.24, 2.45) is 0 Å². The van der Waals surface area contributed by atoms with Gasteiger partial charge in [0.1, 0.15) is 4.88 Å². The molecule has 1 saturated heterocycles. The zero-order valence-corrected chi connectivity index (χ0v) is 20.1. The van der Waals surface area contributed by atoms with E-state index in [1.165, 1.54) is 11.3 Å². The van der Waals surface area contributed by atoms with Crippen LogP contribution in [0.5, 0.6) is 0 Å². The zero-order valence-electron chi connectivity index (χ0n) is 15.4. The maximum atomic E-state index is 13.0. The monoisotopic (exact) mass is 517 g/mol. The van der Waals surface area contributed by atoms with Crippen LogP contribution in [0.2, 0.25) is 20.1 Å². The molecule has 10 heteroatoms. The lowest BCUT2D eigenvalue weighted by Gasteiger charge is -2.36. The standard InChI is InChI=1S/C20H15Cl4N3OS2/c21-11-2-4-14(23)15(9-11)25-20(29)27-7-5-26(6-8-27)19(28)18-17(24)13-3-1-12(22)10-16(13)30-18/h1-4,9-10H,5-8H2,(H,25,29). The average Bonchev–Trinajstić information content (AvgIpc) is 3.06. The van der Waals surface area contributed by atoms with E-state index < -0.39 is 0 Å². The van der Waals surface area contributed by atoms with Gasteiger partial charge in [-0.1, -0.05) is 52.5 Å². The fourth-order valence-electron chi connectivity index (χ4n) is 3.22. The second-order valence-electron chi connectivity index (χ2n) is 6.72. The summed E-state index contributed by atoms with van der Waals surface area (Å²) in [6.07, 6.45) is 0. The maximum Gasteiger partial charge on any atom is 0.265 e. The fraction of sp³-hybridized carbons (Fsp3) is 0.200. The number of amides is 1. The summed E-state index contributed by atoms with van der Waals surface area (Å²) in [4.78, 5) is 17.4. The minimum atomic E-state index is -0.0752. The summed E-state index contributed by atoms with van der Waals surface area (Å²) in [5, 5.41) is 6.73. The summed E-state index contributed by atoms with van der Waals surface area (Å²) >= 11 is 31.6. The van der Waals surface area contributed by atoms with Gasteiger partial charge in [-0.3, -0.25) is 4.79 Å². The van der Waals surface area contributed by atoms with Crippen molar-refractivity contribution in [3.05, 3.63) is 61.4 Å². The van der Waals surface area contributed by atoms with Crippen LogP contribution in [0, 0.1) is 0 Å². The van der Waals surface area contributed by atoms with E-state index in [2.05, 4.69) is 5.32 Å². The van der Waals surface area contributed by atoms with Crippen LogP contribution in [0.25, 0.3) is 10.1 Å². The summed E-state index contributed by atoms with van der Waals surface area (Å²) < 4.78 is 0.901. The number of halogens is 4. The number of thiophene rings is 1. The summed E-state index contributed by atoms with van der Waals surface area (Å²) in [6.45, 7) is 2.28. The molecule has 1 aromatic heterocycles. The van der Waals surface area contributed by atoms with Crippen molar-refractivity contribution in [1.29, 1.82) is 0 Å². The molecule has 2 heterocycles. The van der Waals surface area contributed by atoms with Crippen molar-refractivity contribution in [3.8, 4) is 0 Å². The second kappa shape index (κ2) is 9.07. The Bertz CT molecular complexity index is 1140. The summed E-state index contributed by atoms with van der Waals surface area (Å²) in [7, 11) is 0. The number of rotatable bonds is 2. The molecule has 0 bridgehead atoms. The first-order chi connectivity index (χ1) is 14.3. The van der Waals surface area contributed by atoms with E-state index in [0.717, 1.165) is 10.1 Å². The van der Waals surface area contributed by atoms with Gasteiger partial charge < -0.3 is 15.1 Å². The van der Waals surface area contributed by atoms with E-state index in [-0.39, 0.29) is 5.91 Å². The normalized spacial score (nSPS) is 14.3. The van der Waals surface area contributed by atoms with E-state index in [9.17, 15) is 4.79 Å². The SMILES string of the molecule is O=C(c1sc2cc(Cl)ccc2c1Cl)N1CCN(C(=S)Nc2cc(Cl)ccc2Cl)CC1. The van der Waals surface area contributed by atoms with Crippen molar-refractivity contribution in [3.63, 3.8) is 0 Å². The Labute approximate surface area is 203 Å². The topological polar surface area (TPSA) is 35.6 Å². The maximum absolute atomic E-state index is 13.0. The number of piperazine rings is 1. The van der Waals surface area contributed by atoms with Crippen LogP contribution in [0.1, 0.15) is 9.67 Å². The first kappa shape index (κ1) is 21.9. The highest BCUT2D eigenvalue weighted by atomic mass is 35.5. The highest BCUT2D eigenvalue weighted by molar-refractivity contribution is 7.80. The van der Waals surface area contributed by atoms with E-state index >= 15 is 0 Å². The average molecular weight is 519 g/mol. The molecule has 0 saturated carbocycles. The molecule has 1 amide bonds. The fourth-order valence-corrected chi connectivity index (χ4v) is 5.61. The Morgan fingerprint density at radius 1 is 0.933 bits per heavy atom. The van der Waals surface area contributed by atoms with Gasteiger partial charge in [0.25, 0.3) is 5.91 Å². The number of hydrogen-bond donors (Lipinski definition) is 1. The molecule has 30 heavy (non-hydrogen) atoms. The van der Waals surface area contributed by atoms with E-state index in [0.29, 0.717) is 61.9 Å². The predicted molar refractivity (Wildman–Crippen MR) is 132 cm³/mol. The molecular formula is C20H15Cl4N3OS2. The summed E-state index contributed by atoms with van der Waals surface area (Å²) in [6, 6.07) is 10.6. The van der Waals surface area contributed by atoms with Crippen LogP contribution in [-0.2, 0) is 0 Å². The number of hydrogen-bond acceptors (Lipinski definition) is 3. The van der Waals surface area contributed by atoms with E-state index in [4.69, 9.17) is 58.6 Å². The van der Waals surface area contributed by atoms with Gasteiger partial charge in [0, 0.05) is 46.3 Å². The molecule has 0 atom stereocenters. The number of carbonyl (C=O) groups is 1. The largest absolute Gasteiger partial charge is 0.345 e. The highest BCUT2D eigenvalue weighted by Gasteiger charge is 2.27. The van der Waals surface area contributed by atoms with Gasteiger partial charge in [0.15, 0.2) is 5.11 Å². The van der Waals surface area contributed by atoms with E-state index in [1.54, 1.807) is 29.2 Å². The van der Waals surface area contributed by atoms with Crippen LogP contribution in [0.15, 0.2) is 36.4 Å². The van der Waals surface area contributed by atoms with Crippen LogP contribution < -0.4 is 5.32 Å². The Balaban J connectivity index is 1.42. The van der Waals surface area contributed by atoms with Crippen molar-refractivity contribution in [2.75, 3.05) is 31.5 Å². The van der Waals surface area contributed by atoms with Gasteiger partial charge in [-0.05, 0) is 42.5 Å². The molecule has 3 aromatic rings.